The van der Waals surface area contributed by atoms with Crippen LogP contribution in [0.1, 0.15) is 30.1 Å². The van der Waals surface area contributed by atoms with Gasteiger partial charge in [0, 0.05) is 11.9 Å². The van der Waals surface area contributed by atoms with Gasteiger partial charge in [0.2, 0.25) is 0 Å². The predicted octanol–water partition coefficient (Wildman–Crippen LogP) is 1.76. The van der Waals surface area contributed by atoms with Crippen LogP contribution in [-0.4, -0.2) is 22.5 Å². The number of hydrogen-bond donors (Lipinski definition) is 3. The average molecular weight is 260 g/mol. The fourth-order valence-corrected chi connectivity index (χ4v) is 1.90. The zero-order valence-electron chi connectivity index (χ0n) is 10.7. The SMILES string of the molecule is CCCCNC(=O)c1c(O)c2ccccc2[nH]c1=O. The number of aromatic amines is 1. The number of para-hydroxylation sites is 1. The molecule has 100 valence electrons. The molecule has 0 fully saturated rings. The number of carbonyl (C=O) groups is 1. The molecule has 1 aromatic heterocycles. The van der Waals surface area contributed by atoms with Crippen LogP contribution in [0.2, 0.25) is 0 Å². The monoisotopic (exact) mass is 260 g/mol. The van der Waals surface area contributed by atoms with Crippen LogP contribution in [0.5, 0.6) is 5.75 Å². The van der Waals surface area contributed by atoms with Gasteiger partial charge in [-0.3, -0.25) is 9.59 Å². The lowest BCUT2D eigenvalue weighted by molar-refractivity contribution is 0.0949. The van der Waals surface area contributed by atoms with Gasteiger partial charge >= 0.3 is 0 Å². The lowest BCUT2D eigenvalue weighted by Crippen LogP contribution is -2.30. The molecule has 1 heterocycles. The molecular formula is C14H16N2O3. The first-order valence-corrected chi connectivity index (χ1v) is 6.27. The van der Waals surface area contributed by atoms with Crippen molar-refractivity contribution in [2.24, 2.45) is 0 Å². The Morgan fingerprint density at radius 2 is 2.11 bits per heavy atom. The summed E-state index contributed by atoms with van der Waals surface area (Å²) in [6, 6.07) is 6.82. The minimum absolute atomic E-state index is 0.227. The molecule has 0 spiro atoms. The van der Waals surface area contributed by atoms with Crippen LogP contribution in [0, 0.1) is 0 Å². The quantitative estimate of drug-likeness (QED) is 0.733. The Kier molecular flexibility index (Phi) is 3.85. The van der Waals surface area contributed by atoms with Crippen molar-refractivity contribution < 1.29 is 9.90 Å². The Balaban J connectivity index is 2.43. The number of amides is 1. The van der Waals surface area contributed by atoms with E-state index >= 15 is 0 Å². The highest BCUT2D eigenvalue weighted by Crippen LogP contribution is 2.24. The van der Waals surface area contributed by atoms with Gasteiger partial charge in [0.05, 0.1) is 5.52 Å². The number of aromatic hydroxyl groups is 1. The van der Waals surface area contributed by atoms with Crippen LogP contribution in [-0.2, 0) is 0 Å². The number of rotatable bonds is 4. The summed E-state index contributed by atoms with van der Waals surface area (Å²) in [5.74, 6) is -0.814. The number of benzene rings is 1. The van der Waals surface area contributed by atoms with E-state index in [0.29, 0.717) is 17.4 Å². The molecule has 0 radical (unpaired) electrons. The van der Waals surface area contributed by atoms with Gasteiger partial charge in [-0.2, -0.15) is 0 Å². The largest absolute Gasteiger partial charge is 0.506 e. The first-order chi connectivity index (χ1) is 9.15. The van der Waals surface area contributed by atoms with E-state index in [4.69, 9.17) is 0 Å². The highest BCUT2D eigenvalue weighted by molar-refractivity contribution is 6.01. The first-order valence-electron chi connectivity index (χ1n) is 6.27. The van der Waals surface area contributed by atoms with Crippen LogP contribution < -0.4 is 10.9 Å². The summed E-state index contributed by atoms with van der Waals surface area (Å²) in [6.45, 7) is 2.49. The molecular weight excluding hydrogens is 244 g/mol. The summed E-state index contributed by atoms with van der Waals surface area (Å²) in [6.07, 6.45) is 1.78. The summed E-state index contributed by atoms with van der Waals surface area (Å²) >= 11 is 0. The number of H-pyrrole nitrogens is 1. The van der Waals surface area contributed by atoms with E-state index in [2.05, 4.69) is 10.3 Å². The van der Waals surface area contributed by atoms with Gasteiger partial charge in [-0.25, -0.2) is 0 Å². The minimum atomic E-state index is -0.579. The summed E-state index contributed by atoms with van der Waals surface area (Å²) < 4.78 is 0. The molecule has 5 heteroatoms. The van der Waals surface area contributed by atoms with E-state index < -0.39 is 11.5 Å². The van der Waals surface area contributed by atoms with Gasteiger partial charge in [0.25, 0.3) is 11.5 Å². The van der Waals surface area contributed by atoms with E-state index in [1.165, 1.54) is 0 Å². The van der Waals surface area contributed by atoms with E-state index in [1.54, 1.807) is 24.3 Å². The Morgan fingerprint density at radius 1 is 1.37 bits per heavy atom. The van der Waals surface area contributed by atoms with Gasteiger partial charge in [-0.15, -0.1) is 0 Å². The van der Waals surface area contributed by atoms with Crippen molar-refractivity contribution in [2.45, 2.75) is 19.8 Å². The average Bonchev–Trinajstić information content (AvgIpc) is 2.39. The van der Waals surface area contributed by atoms with Crippen molar-refractivity contribution >= 4 is 16.8 Å². The molecule has 0 aliphatic rings. The standard InChI is InChI=1S/C14H16N2O3/c1-2-3-8-15-13(18)11-12(17)9-6-4-5-7-10(9)16-14(11)19/h4-7H,2-3,8H2,1H3,(H,15,18)(H2,16,17,19). The summed E-state index contributed by atoms with van der Waals surface area (Å²) in [5, 5.41) is 13.2. The van der Waals surface area contributed by atoms with Crippen LogP contribution in [0.3, 0.4) is 0 Å². The Hall–Kier alpha value is -2.30. The molecule has 1 amide bonds. The second-order valence-electron chi connectivity index (χ2n) is 4.33. The highest BCUT2D eigenvalue weighted by Gasteiger charge is 2.18. The maximum atomic E-state index is 11.9. The third kappa shape index (κ3) is 2.59. The molecule has 0 aliphatic carbocycles. The molecule has 0 aliphatic heterocycles. The third-order valence-corrected chi connectivity index (χ3v) is 2.94. The lowest BCUT2D eigenvalue weighted by atomic mass is 10.1. The molecule has 2 rings (SSSR count). The minimum Gasteiger partial charge on any atom is -0.506 e. The number of aromatic nitrogens is 1. The zero-order chi connectivity index (χ0) is 13.8. The van der Waals surface area contributed by atoms with Crippen LogP contribution in [0.25, 0.3) is 10.9 Å². The van der Waals surface area contributed by atoms with Crippen LogP contribution >= 0.6 is 0 Å². The highest BCUT2D eigenvalue weighted by atomic mass is 16.3. The fraction of sp³-hybridized carbons (Fsp3) is 0.286. The lowest BCUT2D eigenvalue weighted by Gasteiger charge is -2.07. The molecule has 1 aromatic carbocycles. The maximum Gasteiger partial charge on any atom is 0.265 e. The van der Waals surface area contributed by atoms with Crippen molar-refractivity contribution in [1.82, 2.24) is 10.3 Å². The summed E-state index contributed by atoms with van der Waals surface area (Å²) in [7, 11) is 0. The fourth-order valence-electron chi connectivity index (χ4n) is 1.90. The maximum absolute atomic E-state index is 11.9. The number of nitrogens with one attached hydrogen (secondary N) is 2. The Bertz CT molecular complexity index is 661. The molecule has 0 saturated heterocycles. The first kappa shape index (κ1) is 13.1. The molecule has 2 aromatic rings. The smallest absolute Gasteiger partial charge is 0.265 e. The molecule has 5 nitrogen and oxygen atoms in total. The van der Waals surface area contributed by atoms with Crippen molar-refractivity contribution in [3.8, 4) is 5.75 Å². The summed E-state index contributed by atoms with van der Waals surface area (Å²) in [4.78, 5) is 26.4. The van der Waals surface area contributed by atoms with E-state index in [-0.39, 0.29) is 11.3 Å². The number of unbranched alkanes of at least 4 members (excludes halogenated alkanes) is 1. The molecule has 0 saturated carbocycles. The summed E-state index contributed by atoms with van der Waals surface area (Å²) in [5.41, 5.74) is -0.296. The third-order valence-electron chi connectivity index (χ3n) is 2.94. The van der Waals surface area contributed by atoms with Gasteiger partial charge < -0.3 is 15.4 Å². The molecule has 19 heavy (non-hydrogen) atoms. The number of fused-ring (bicyclic) bond motifs is 1. The van der Waals surface area contributed by atoms with Gasteiger partial charge in [-0.1, -0.05) is 25.5 Å². The predicted molar refractivity (Wildman–Crippen MR) is 73.5 cm³/mol. The van der Waals surface area contributed by atoms with Crippen LogP contribution in [0.4, 0.5) is 0 Å². The van der Waals surface area contributed by atoms with Crippen molar-refractivity contribution in [3.63, 3.8) is 0 Å². The second kappa shape index (κ2) is 5.56. The zero-order valence-corrected chi connectivity index (χ0v) is 10.7. The Labute approximate surface area is 110 Å². The van der Waals surface area contributed by atoms with Crippen molar-refractivity contribution in [1.29, 1.82) is 0 Å². The normalized spacial score (nSPS) is 10.6. The van der Waals surface area contributed by atoms with Crippen molar-refractivity contribution in [2.75, 3.05) is 6.54 Å². The van der Waals surface area contributed by atoms with Gasteiger partial charge in [-0.05, 0) is 18.6 Å². The molecule has 0 bridgehead atoms. The molecule has 0 unspecified atom stereocenters. The molecule has 0 atom stereocenters. The van der Waals surface area contributed by atoms with E-state index in [9.17, 15) is 14.7 Å². The number of carbonyl (C=O) groups excluding carboxylic acids is 1. The van der Waals surface area contributed by atoms with Gasteiger partial charge in [0.15, 0.2) is 0 Å². The second-order valence-corrected chi connectivity index (χ2v) is 4.33. The number of pyridine rings is 1. The van der Waals surface area contributed by atoms with Gasteiger partial charge in [0.1, 0.15) is 11.3 Å². The van der Waals surface area contributed by atoms with Crippen molar-refractivity contribution in [3.05, 3.63) is 40.2 Å². The molecule has 3 N–H and O–H groups in total. The number of hydrogen-bond acceptors (Lipinski definition) is 3. The van der Waals surface area contributed by atoms with E-state index in [0.717, 1.165) is 12.8 Å². The Morgan fingerprint density at radius 3 is 2.84 bits per heavy atom. The van der Waals surface area contributed by atoms with E-state index in [1.807, 2.05) is 6.92 Å². The van der Waals surface area contributed by atoms with Crippen LogP contribution in [0.15, 0.2) is 29.1 Å². The topological polar surface area (TPSA) is 82.2 Å².